The van der Waals surface area contributed by atoms with Gasteiger partial charge in [-0.3, -0.25) is 14.5 Å². The van der Waals surface area contributed by atoms with Crippen molar-refractivity contribution >= 4 is 11.8 Å². The van der Waals surface area contributed by atoms with E-state index in [9.17, 15) is 9.59 Å². The van der Waals surface area contributed by atoms with Crippen molar-refractivity contribution in [1.29, 1.82) is 0 Å². The number of nitrogens with zero attached hydrogens (tertiary/aromatic N) is 5. The highest BCUT2D eigenvalue weighted by atomic mass is 16.2. The molecule has 3 rings (SSSR count). The number of hydrogen-bond acceptors (Lipinski definition) is 5. The van der Waals surface area contributed by atoms with Crippen LogP contribution in [0.1, 0.15) is 41.3 Å². The number of amides is 2. The van der Waals surface area contributed by atoms with Gasteiger partial charge in [0.15, 0.2) is 0 Å². The summed E-state index contributed by atoms with van der Waals surface area (Å²) in [5, 5.41) is 0. The Morgan fingerprint density at radius 2 is 1.72 bits per heavy atom. The lowest BCUT2D eigenvalue weighted by Crippen LogP contribution is -2.46. The van der Waals surface area contributed by atoms with E-state index in [1.165, 1.54) is 0 Å². The first kappa shape index (κ1) is 17.8. The molecule has 0 bridgehead atoms. The maximum Gasteiger partial charge on any atom is 0.272 e. The van der Waals surface area contributed by atoms with Crippen molar-refractivity contribution in [2.24, 2.45) is 0 Å². The summed E-state index contributed by atoms with van der Waals surface area (Å²) in [6.45, 7) is 7.18. The molecular weight excluding hydrogens is 318 g/mol. The van der Waals surface area contributed by atoms with Crippen LogP contribution in [0.5, 0.6) is 0 Å². The minimum absolute atomic E-state index is 0.00872. The first-order chi connectivity index (χ1) is 12.0. The van der Waals surface area contributed by atoms with Crippen LogP contribution in [0.15, 0.2) is 6.07 Å². The van der Waals surface area contributed by atoms with E-state index < -0.39 is 0 Å². The van der Waals surface area contributed by atoms with Gasteiger partial charge < -0.3 is 9.80 Å². The molecule has 1 atom stereocenters. The van der Waals surface area contributed by atoms with Crippen LogP contribution in [0.2, 0.25) is 0 Å². The standard InChI is InChI=1S/C18H27N5O2/c1-13-12-15(20-14(2)19-13)17(24)22-8-5-9-23(11-10-22)18(25)16-6-4-7-21(16)3/h12,16H,4-11H2,1-3H3/t16-/m0/s1. The summed E-state index contributed by atoms with van der Waals surface area (Å²) in [6.07, 6.45) is 2.82. The molecule has 2 aliphatic rings. The van der Waals surface area contributed by atoms with Gasteiger partial charge >= 0.3 is 0 Å². The molecule has 0 saturated carbocycles. The van der Waals surface area contributed by atoms with Gasteiger partial charge in [-0.2, -0.15) is 0 Å². The van der Waals surface area contributed by atoms with E-state index in [2.05, 4.69) is 14.9 Å². The van der Waals surface area contributed by atoms with E-state index in [-0.39, 0.29) is 17.9 Å². The second kappa shape index (κ2) is 7.47. The van der Waals surface area contributed by atoms with Gasteiger partial charge in [0, 0.05) is 31.9 Å². The second-order valence-corrected chi connectivity index (χ2v) is 7.05. The molecule has 3 heterocycles. The molecular formula is C18H27N5O2. The number of likely N-dealkylation sites (N-methyl/N-ethyl adjacent to an activating group) is 1. The Balaban J connectivity index is 1.65. The molecule has 0 radical (unpaired) electrons. The van der Waals surface area contributed by atoms with Crippen LogP contribution in [-0.4, -0.2) is 82.3 Å². The van der Waals surface area contributed by atoms with Crippen LogP contribution >= 0.6 is 0 Å². The molecule has 0 unspecified atom stereocenters. The topological polar surface area (TPSA) is 69.6 Å². The first-order valence-electron chi connectivity index (χ1n) is 9.06. The lowest BCUT2D eigenvalue weighted by molar-refractivity contribution is -0.135. The van der Waals surface area contributed by atoms with Crippen molar-refractivity contribution in [2.75, 3.05) is 39.8 Å². The normalized spacial score (nSPS) is 22.1. The van der Waals surface area contributed by atoms with Gasteiger partial charge in [-0.05, 0) is 52.8 Å². The largest absolute Gasteiger partial charge is 0.339 e. The fraction of sp³-hybridized carbons (Fsp3) is 0.667. The van der Waals surface area contributed by atoms with Gasteiger partial charge in [0.1, 0.15) is 11.5 Å². The number of carbonyl (C=O) groups excluding carboxylic acids is 2. The molecule has 0 N–H and O–H groups in total. The van der Waals surface area contributed by atoms with E-state index in [1.807, 2.05) is 23.8 Å². The van der Waals surface area contributed by atoms with Crippen LogP contribution in [0, 0.1) is 13.8 Å². The minimum atomic E-state index is -0.0686. The van der Waals surface area contributed by atoms with E-state index in [0.717, 1.165) is 38.0 Å². The Labute approximate surface area is 149 Å². The molecule has 2 amide bonds. The average Bonchev–Trinajstić information content (AvgIpc) is 2.85. The third-order valence-corrected chi connectivity index (χ3v) is 5.09. The summed E-state index contributed by atoms with van der Waals surface area (Å²) >= 11 is 0. The van der Waals surface area contributed by atoms with Crippen LogP contribution in [0.3, 0.4) is 0 Å². The number of aryl methyl sites for hydroxylation is 2. The smallest absolute Gasteiger partial charge is 0.272 e. The van der Waals surface area contributed by atoms with Crippen molar-refractivity contribution in [3.8, 4) is 0 Å². The number of hydrogen-bond donors (Lipinski definition) is 0. The highest BCUT2D eigenvalue weighted by Gasteiger charge is 2.32. The van der Waals surface area contributed by atoms with Crippen molar-refractivity contribution in [2.45, 2.75) is 39.2 Å². The van der Waals surface area contributed by atoms with Crippen LogP contribution in [0.4, 0.5) is 0 Å². The van der Waals surface area contributed by atoms with Crippen LogP contribution in [0.25, 0.3) is 0 Å². The van der Waals surface area contributed by atoms with E-state index >= 15 is 0 Å². The molecule has 136 valence electrons. The SMILES string of the molecule is Cc1cc(C(=O)N2CCCN(C(=O)[C@@H]3CCCN3C)CC2)nc(C)n1. The van der Waals surface area contributed by atoms with Crippen molar-refractivity contribution < 1.29 is 9.59 Å². The second-order valence-electron chi connectivity index (χ2n) is 7.05. The maximum absolute atomic E-state index is 12.8. The predicted octanol–water partition coefficient (Wildman–Crippen LogP) is 0.862. The summed E-state index contributed by atoms with van der Waals surface area (Å²) < 4.78 is 0. The lowest BCUT2D eigenvalue weighted by Gasteiger charge is -2.27. The monoisotopic (exact) mass is 345 g/mol. The Morgan fingerprint density at radius 1 is 1.00 bits per heavy atom. The zero-order valence-corrected chi connectivity index (χ0v) is 15.4. The van der Waals surface area contributed by atoms with Crippen molar-refractivity contribution in [3.05, 3.63) is 23.3 Å². The Hall–Kier alpha value is -2.02. The summed E-state index contributed by atoms with van der Waals surface area (Å²) in [6, 6.07) is 1.74. The molecule has 25 heavy (non-hydrogen) atoms. The number of rotatable bonds is 2. The fourth-order valence-corrected chi connectivity index (χ4v) is 3.76. The fourth-order valence-electron chi connectivity index (χ4n) is 3.76. The third kappa shape index (κ3) is 3.98. The molecule has 2 fully saturated rings. The highest BCUT2D eigenvalue weighted by Crippen LogP contribution is 2.18. The lowest BCUT2D eigenvalue weighted by atomic mass is 10.2. The Bertz CT molecular complexity index is 643. The number of aromatic nitrogens is 2. The van der Waals surface area contributed by atoms with Gasteiger partial charge in [-0.15, -0.1) is 0 Å². The minimum Gasteiger partial charge on any atom is -0.339 e. The van der Waals surface area contributed by atoms with Crippen molar-refractivity contribution in [1.82, 2.24) is 24.7 Å². The molecule has 0 spiro atoms. The quantitative estimate of drug-likeness (QED) is 0.795. The van der Waals surface area contributed by atoms with Gasteiger partial charge in [0.05, 0.1) is 6.04 Å². The summed E-state index contributed by atoms with van der Waals surface area (Å²) in [4.78, 5) is 39.9. The van der Waals surface area contributed by atoms with Crippen LogP contribution < -0.4 is 0 Å². The average molecular weight is 345 g/mol. The number of likely N-dealkylation sites (tertiary alicyclic amines) is 1. The first-order valence-corrected chi connectivity index (χ1v) is 9.06. The highest BCUT2D eigenvalue weighted by molar-refractivity contribution is 5.92. The Morgan fingerprint density at radius 3 is 2.40 bits per heavy atom. The summed E-state index contributed by atoms with van der Waals surface area (Å²) in [5.74, 6) is 0.753. The molecule has 1 aromatic rings. The van der Waals surface area contributed by atoms with E-state index in [4.69, 9.17) is 0 Å². The maximum atomic E-state index is 12.8. The van der Waals surface area contributed by atoms with Gasteiger partial charge in [0.2, 0.25) is 5.91 Å². The molecule has 0 aliphatic carbocycles. The molecule has 2 saturated heterocycles. The number of carbonyl (C=O) groups is 2. The molecule has 0 aromatic carbocycles. The molecule has 1 aromatic heterocycles. The zero-order chi connectivity index (χ0) is 18.0. The molecule has 2 aliphatic heterocycles. The molecule has 7 heteroatoms. The summed E-state index contributed by atoms with van der Waals surface area (Å²) in [5.41, 5.74) is 1.24. The summed E-state index contributed by atoms with van der Waals surface area (Å²) in [7, 11) is 2.02. The zero-order valence-electron chi connectivity index (χ0n) is 15.4. The Kier molecular flexibility index (Phi) is 5.32. The van der Waals surface area contributed by atoms with Gasteiger partial charge in [-0.25, -0.2) is 9.97 Å². The van der Waals surface area contributed by atoms with Crippen molar-refractivity contribution in [3.63, 3.8) is 0 Å². The third-order valence-electron chi connectivity index (χ3n) is 5.09. The van der Waals surface area contributed by atoms with E-state index in [1.54, 1.807) is 13.0 Å². The van der Waals surface area contributed by atoms with Gasteiger partial charge in [0.25, 0.3) is 5.91 Å². The van der Waals surface area contributed by atoms with E-state index in [0.29, 0.717) is 31.2 Å². The van der Waals surface area contributed by atoms with Gasteiger partial charge in [-0.1, -0.05) is 0 Å². The molecule has 7 nitrogen and oxygen atoms in total. The predicted molar refractivity (Wildman–Crippen MR) is 94.3 cm³/mol. The van der Waals surface area contributed by atoms with Crippen LogP contribution in [-0.2, 0) is 4.79 Å².